The first-order chi connectivity index (χ1) is 14.4. The van der Waals surface area contributed by atoms with Crippen LogP contribution in [0.5, 0.6) is 5.75 Å². The molecule has 2 bridgehead atoms. The molecule has 3 aliphatic carbocycles. The van der Waals surface area contributed by atoms with Crippen LogP contribution in [-0.4, -0.2) is 49.8 Å². The zero-order valence-electron chi connectivity index (χ0n) is 16.9. The fourth-order valence-corrected chi connectivity index (χ4v) is 4.69. The first-order valence-corrected chi connectivity index (χ1v) is 10.9. The molecule has 1 heterocycles. The van der Waals surface area contributed by atoms with Gasteiger partial charge in [0.05, 0.1) is 5.02 Å². The van der Waals surface area contributed by atoms with Crippen molar-refractivity contribution in [2.75, 3.05) is 19.7 Å². The second-order valence-corrected chi connectivity index (χ2v) is 9.14. The van der Waals surface area contributed by atoms with Crippen LogP contribution in [0.25, 0.3) is 0 Å². The molecule has 0 radical (unpaired) electrons. The normalized spacial score (nSPS) is 32.6. The van der Waals surface area contributed by atoms with Crippen molar-refractivity contribution in [3.05, 3.63) is 29.0 Å². The lowest BCUT2D eigenvalue weighted by Gasteiger charge is -2.51. The topological polar surface area (TPSA) is 91.5 Å². The molecule has 3 saturated carbocycles. The van der Waals surface area contributed by atoms with E-state index in [2.05, 4.69) is 28.2 Å². The average molecular weight is 439 g/mol. The van der Waals surface area contributed by atoms with Crippen molar-refractivity contribution in [3.63, 3.8) is 0 Å². The van der Waals surface area contributed by atoms with Gasteiger partial charge in [-0.3, -0.25) is 20.2 Å². The molecule has 4 fully saturated rings. The molecule has 7 nitrogen and oxygen atoms in total. The van der Waals surface area contributed by atoms with Crippen LogP contribution in [-0.2, 0) is 9.59 Å². The minimum atomic E-state index is -0.586. The number of halogens is 2. The van der Waals surface area contributed by atoms with E-state index >= 15 is 0 Å². The van der Waals surface area contributed by atoms with E-state index in [9.17, 15) is 14.0 Å². The quantitative estimate of drug-likeness (QED) is 0.539. The first-order valence-electron chi connectivity index (χ1n) is 10.5. The minimum Gasteiger partial charge on any atom is -0.484 e. The fourth-order valence-electron chi connectivity index (χ4n) is 4.58. The summed E-state index contributed by atoms with van der Waals surface area (Å²) in [4.78, 5) is 24.9. The minimum absolute atomic E-state index is 0.00523. The predicted molar refractivity (Wildman–Crippen MR) is 111 cm³/mol. The molecule has 9 heteroatoms. The smallest absolute Gasteiger partial charge is 0.258 e. The largest absolute Gasteiger partial charge is 0.484 e. The maximum absolute atomic E-state index is 13.5. The van der Waals surface area contributed by atoms with Gasteiger partial charge in [0, 0.05) is 31.2 Å². The molecule has 164 valence electrons. The summed E-state index contributed by atoms with van der Waals surface area (Å²) in [5, 5.41) is 12.6. The highest BCUT2D eigenvalue weighted by Gasteiger charge is 2.47. The number of hydrogen-bond acceptors (Lipinski definition) is 5. The first kappa shape index (κ1) is 21.3. The lowest BCUT2D eigenvalue weighted by molar-refractivity contribution is -0.128. The van der Waals surface area contributed by atoms with Crippen molar-refractivity contribution in [1.82, 2.24) is 21.3 Å². The van der Waals surface area contributed by atoms with E-state index in [1.165, 1.54) is 12.1 Å². The van der Waals surface area contributed by atoms with Crippen molar-refractivity contribution >= 4 is 23.4 Å². The highest BCUT2D eigenvalue weighted by molar-refractivity contribution is 6.30. The van der Waals surface area contributed by atoms with Crippen molar-refractivity contribution in [1.29, 1.82) is 0 Å². The number of ether oxygens (including phenoxy) is 1. The average Bonchev–Trinajstić information content (AvgIpc) is 2.68. The molecular weight excluding hydrogens is 411 g/mol. The molecule has 1 aromatic rings. The van der Waals surface area contributed by atoms with E-state index in [1.807, 2.05) is 0 Å². The van der Waals surface area contributed by atoms with Gasteiger partial charge in [-0.05, 0) is 49.1 Å². The number of carbonyl (C=O) groups excluding carboxylic acids is 2. The Morgan fingerprint density at radius 1 is 1.13 bits per heavy atom. The van der Waals surface area contributed by atoms with E-state index in [0.29, 0.717) is 24.2 Å². The van der Waals surface area contributed by atoms with Crippen molar-refractivity contribution in [2.24, 2.45) is 17.8 Å². The summed E-state index contributed by atoms with van der Waals surface area (Å²) in [6, 6.07) is 4.14. The van der Waals surface area contributed by atoms with Gasteiger partial charge in [-0.2, -0.15) is 0 Å². The number of benzene rings is 1. The van der Waals surface area contributed by atoms with Crippen LogP contribution >= 0.6 is 11.6 Å². The standard InChI is InChI=1S/C21H28ClFN4O3/c1-11-8-24-20(25-9-11)21(29)27-18-7-17(12-4-13(18)5-12)26-19(28)10-30-14-2-3-15(22)16(23)6-14/h2-3,6,11-13,17-18,20,24-25H,4-5,7-10H2,1H3,(H,26,28)(H,27,29)/t11?,12?,13?,17?,18-,20?/m1/s1. The number of fused-ring (bicyclic) bond motifs is 2. The lowest BCUT2D eigenvalue weighted by Crippen LogP contribution is -2.64. The van der Waals surface area contributed by atoms with E-state index in [1.54, 1.807) is 0 Å². The second-order valence-electron chi connectivity index (χ2n) is 8.74. The SMILES string of the molecule is CC1CNC(C(=O)N[C@@H]2CC(NC(=O)COc3ccc(Cl)c(F)c3)C3CC2C3)NC1. The molecule has 1 saturated heterocycles. The molecular formula is C21H28ClFN4O3. The number of nitrogens with one attached hydrogen (secondary N) is 4. The number of carbonyl (C=O) groups is 2. The Hall–Kier alpha value is -1.90. The van der Waals surface area contributed by atoms with Crippen LogP contribution in [0.1, 0.15) is 26.2 Å². The molecule has 2 amide bonds. The van der Waals surface area contributed by atoms with Crippen LogP contribution in [0.4, 0.5) is 4.39 Å². The molecule has 1 unspecified atom stereocenters. The number of rotatable bonds is 6. The van der Waals surface area contributed by atoms with E-state index in [-0.39, 0.29) is 47.4 Å². The maximum Gasteiger partial charge on any atom is 0.258 e. The third-order valence-corrected chi connectivity index (χ3v) is 6.70. The molecule has 1 aromatic carbocycles. The van der Waals surface area contributed by atoms with Gasteiger partial charge in [-0.1, -0.05) is 18.5 Å². The van der Waals surface area contributed by atoms with Crippen LogP contribution in [0.3, 0.4) is 0 Å². The monoisotopic (exact) mass is 438 g/mol. The highest BCUT2D eigenvalue weighted by Crippen LogP contribution is 2.45. The van der Waals surface area contributed by atoms with Crippen LogP contribution in [0, 0.1) is 23.6 Å². The molecule has 30 heavy (non-hydrogen) atoms. The van der Waals surface area contributed by atoms with Gasteiger partial charge in [-0.25, -0.2) is 4.39 Å². The van der Waals surface area contributed by atoms with Gasteiger partial charge in [0.1, 0.15) is 17.7 Å². The predicted octanol–water partition coefficient (Wildman–Crippen LogP) is 1.41. The van der Waals surface area contributed by atoms with Crippen molar-refractivity contribution in [2.45, 2.75) is 44.4 Å². The van der Waals surface area contributed by atoms with Crippen LogP contribution in [0.15, 0.2) is 18.2 Å². The van der Waals surface area contributed by atoms with Gasteiger partial charge in [0.25, 0.3) is 11.8 Å². The maximum atomic E-state index is 13.5. The molecule has 2 atom stereocenters. The molecule has 0 spiro atoms. The van der Waals surface area contributed by atoms with Crippen molar-refractivity contribution in [3.8, 4) is 5.75 Å². The third kappa shape index (κ3) is 4.87. The highest BCUT2D eigenvalue weighted by atomic mass is 35.5. The van der Waals surface area contributed by atoms with Crippen LogP contribution in [0.2, 0.25) is 5.02 Å². The van der Waals surface area contributed by atoms with Gasteiger partial charge >= 0.3 is 0 Å². The van der Waals surface area contributed by atoms with Gasteiger partial charge in [0.2, 0.25) is 0 Å². The summed E-state index contributed by atoms with van der Waals surface area (Å²) in [7, 11) is 0. The Bertz CT molecular complexity index is 796. The molecule has 0 aromatic heterocycles. The Kier molecular flexibility index (Phi) is 6.46. The second kappa shape index (κ2) is 9.08. The number of amides is 2. The molecule has 5 rings (SSSR count). The Morgan fingerprint density at radius 2 is 1.80 bits per heavy atom. The lowest BCUT2D eigenvalue weighted by atomic mass is 9.60. The number of hydrogen-bond donors (Lipinski definition) is 4. The summed E-state index contributed by atoms with van der Waals surface area (Å²) >= 11 is 5.65. The summed E-state index contributed by atoms with van der Waals surface area (Å²) < 4.78 is 18.9. The molecule has 1 aliphatic heterocycles. The van der Waals surface area contributed by atoms with Gasteiger partial charge in [-0.15, -0.1) is 0 Å². The van der Waals surface area contributed by atoms with Crippen LogP contribution < -0.4 is 26.0 Å². The van der Waals surface area contributed by atoms with E-state index in [4.69, 9.17) is 16.3 Å². The Balaban J connectivity index is 1.25. The zero-order chi connectivity index (χ0) is 21.3. The Labute approximate surface area is 180 Å². The summed E-state index contributed by atoms with van der Waals surface area (Å²) in [6.45, 7) is 3.57. The molecule has 4 N–H and O–H groups in total. The van der Waals surface area contributed by atoms with Crippen molar-refractivity contribution < 1.29 is 18.7 Å². The third-order valence-electron chi connectivity index (χ3n) is 6.40. The Morgan fingerprint density at radius 3 is 2.47 bits per heavy atom. The summed E-state index contributed by atoms with van der Waals surface area (Å²) in [6.07, 6.45) is 2.36. The molecule has 4 aliphatic rings. The summed E-state index contributed by atoms with van der Waals surface area (Å²) in [5.74, 6) is 0.798. The van der Waals surface area contributed by atoms with Gasteiger partial charge < -0.3 is 15.4 Å². The fraction of sp³-hybridized carbons (Fsp3) is 0.619. The van der Waals surface area contributed by atoms with E-state index < -0.39 is 5.82 Å². The van der Waals surface area contributed by atoms with Gasteiger partial charge in [0.15, 0.2) is 6.61 Å². The van der Waals surface area contributed by atoms with E-state index in [0.717, 1.165) is 32.0 Å². The zero-order valence-corrected chi connectivity index (χ0v) is 17.7. The summed E-state index contributed by atoms with van der Waals surface area (Å²) in [5.41, 5.74) is 0.